The van der Waals surface area contributed by atoms with Crippen LogP contribution in [-0.2, 0) is 11.4 Å². The molecule has 0 radical (unpaired) electrons. The highest BCUT2D eigenvalue weighted by Crippen LogP contribution is 2.31. The number of imidazole rings is 1. The minimum Gasteiger partial charge on any atom is -0.493 e. The minimum absolute atomic E-state index is 0.246. The van der Waals surface area contributed by atoms with Crippen LogP contribution in [-0.4, -0.2) is 28.4 Å². The number of nitrogens with two attached hydrogens (primary N) is 1. The molecule has 3 N–H and O–H groups in total. The Morgan fingerprint density at radius 3 is 2.71 bits per heavy atom. The molecule has 1 aromatic carbocycles. The summed E-state index contributed by atoms with van der Waals surface area (Å²) in [6, 6.07) is 10.4. The number of aromatic nitrogens is 2. The smallest absolute Gasteiger partial charge is 0.241 e. The second kappa shape index (κ2) is 7.90. The van der Waals surface area contributed by atoms with Crippen molar-refractivity contribution in [3.8, 4) is 11.5 Å². The molecular weight excluding hydrogens is 356 g/mol. The van der Waals surface area contributed by atoms with Gasteiger partial charge < -0.3 is 24.9 Å². The predicted octanol–water partition coefficient (Wildman–Crippen LogP) is 3.23. The van der Waals surface area contributed by atoms with E-state index in [-0.39, 0.29) is 17.9 Å². The molecule has 28 heavy (non-hydrogen) atoms. The van der Waals surface area contributed by atoms with Crippen molar-refractivity contribution in [2.75, 3.05) is 12.4 Å². The Labute approximate surface area is 164 Å². The van der Waals surface area contributed by atoms with Crippen LogP contribution in [0.15, 0.2) is 48.8 Å². The summed E-state index contributed by atoms with van der Waals surface area (Å²) in [7, 11) is 1.57. The van der Waals surface area contributed by atoms with Gasteiger partial charge in [0.2, 0.25) is 5.91 Å². The van der Waals surface area contributed by atoms with Crippen molar-refractivity contribution in [1.82, 2.24) is 9.38 Å². The van der Waals surface area contributed by atoms with Crippen LogP contribution in [0.4, 0.5) is 5.69 Å². The van der Waals surface area contributed by atoms with Gasteiger partial charge in [-0.1, -0.05) is 26.8 Å². The van der Waals surface area contributed by atoms with Crippen molar-refractivity contribution >= 4 is 17.2 Å². The number of rotatable bonds is 6. The SMILES string of the molecule is COc1ccc(NC(=O)[C@@H](N)C(C)(C)C)cc1OCc1cn2ccccc2n1. The van der Waals surface area contributed by atoms with Gasteiger partial charge in [-0.15, -0.1) is 0 Å². The van der Waals surface area contributed by atoms with Crippen LogP contribution in [0.2, 0.25) is 0 Å². The maximum absolute atomic E-state index is 12.4. The number of anilines is 1. The largest absolute Gasteiger partial charge is 0.493 e. The number of fused-ring (bicyclic) bond motifs is 1. The van der Waals surface area contributed by atoms with Gasteiger partial charge >= 0.3 is 0 Å². The van der Waals surface area contributed by atoms with E-state index in [2.05, 4.69) is 10.3 Å². The Morgan fingerprint density at radius 1 is 1.25 bits per heavy atom. The minimum atomic E-state index is -0.628. The van der Waals surface area contributed by atoms with E-state index in [4.69, 9.17) is 15.2 Å². The highest BCUT2D eigenvalue weighted by molar-refractivity contribution is 5.95. The molecule has 2 heterocycles. The van der Waals surface area contributed by atoms with Gasteiger partial charge in [-0.3, -0.25) is 4.79 Å². The Morgan fingerprint density at radius 2 is 2.04 bits per heavy atom. The highest BCUT2D eigenvalue weighted by atomic mass is 16.5. The van der Waals surface area contributed by atoms with E-state index in [1.807, 2.05) is 55.8 Å². The predicted molar refractivity (Wildman–Crippen MR) is 109 cm³/mol. The number of ether oxygens (including phenoxy) is 2. The van der Waals surface area contributed by atoms with Gasteiger partial charge in [0, 0.05) is 24.1 Å². The first-order valence-electron chi connectivity index (χ1n) is 9.08. The molecule has 0 fully saturated rings. The van der Waals surface area contributed by atoms with Gasteiger partial charge in [0.1, 0.15) is 12.3 Å². The number of carbonyl (C=O) groups is 1. The number of pyridine rings is 1. The first-order valence-corrected chi connectivity index (χ1v) is 9.08. The molecule has 0 saturated heterocycles. The summed E-state index contributed by atoms with van der Waals surface area (Å²) < 4.78 is 13.2. The third-order valence-electron chi connectivity index (χ3n) is 4.44. The van der Waals surface area contributed by atoms with Gasteiger partial charge in [-0.25, -0.2) is 4.98 Å². The van der Waals surface area contributed by atoms with Crippen LogP contribution in [0.5, 0.6) is 11.5 Å². The standard InChI is InChI=1S/C21H26N4O3/c1-21(2,3)19(22)20(26)24-14-8-9-16(27-4)17(11-14)28-13-15-12-25-10-6-5-7-18(25)23-15/h5-12,19H,13,22H2,1-4H3,(H,24,26)/t19-/m1/s1. The molecule has 0 spiro atoms. The van der Waals surface area contributed by atoms with Crippen LogP contribution in [0.25, 0.3) is 5.65 Å². The Bertz CT molecular complexity index is 942. The van der Waals surface area contributed by atoms with Crippen molar-refractivity contribution in [2.24, 2.45) is 11.1 Å². The molecule has 0 bridgehead atoms. The fraction of sp³-hybridized carbons (Fsp3) is 0.333. The zero-order chi connectivity index (χ0) is 20.3. The van der Waals surface area contributed by atoms with Crippen LogP contribution in [0.3, 0.4) is 0 Å². The Hall–Kier alpha value is -3.06. The lowest BCUT2D eigenvalue weighted by molar-refractivity contribution is -0.119. The number of benzene rings is 1. The van der Waals surface area contributed by atoms with E-state index >= 15 is 0 Å². The molecule has 0 unspecified atom stereocenters. The number of nitrogens with zero attached hydrogens (tertiary/aromatic N) is 2. The van der Waals surface area contributed by atoms with Gasteiger partial charge in [-0.2, -0.15) is 0 Å². The Balaban J connectivity index is 1.74. The molecule has 1 atom stereocenters. The fourth-order valence-electron chi connectivity index (χ4n) is 2.69. The molecule has 0 aliphatic heterocycles. The van der Waals surface area contributed by atoms with Gasteiger partial charge in [-0.05, 0) is 29.7 Å². The fourth-order valence-corrected chi connectivity index (χ4v) is 2.69. The van der Waals surface area contributed by atoms with Crippen LogP contribution >= 0.6 is 0 Å². The monoisotopic (exact) mass is 382 g/mol. The normalized spacial score (nSPS) is 12.6. The van der Waals surface area contributed by atoms with Crippen molar-refractivity contribution in [3.05, 3.63) is 54.5 Å². The first kappa shape index (κ1) is 19.7. The van der Waals surface area contributed by atoms with Gasteiger partial charge in [0.25, 0.3) is 0 Å². The van der Waals surface area contributed by atoms with E-state index in [0.717, 1.165) is 11.3 Å². The average molecular weight is 382 g/mol. The first-order chi connectivity index (χ1) is 13.3. The quantitative estimate of drug-likeness (QED) is 0.683. The molecule has 0 aliphatic carbocycles. The molecule has 2 aromatic heterocycles. The van der Waals surface area contributed by atoms with E-state index in [0.29, 0.717) is 17.2 Å². The molecular formula is C21H26N4O3. The average Bonchev–Trinajstić information content (AvgIpc) is 3.08. The summed E-state index contributed by atoms with van der Waals surface area (Å²) in [6.07, 6.45) is 3.84. The summed E-state index contributed by atoms with van der Waals surface area (Å²) in [5, 5.41) is 2.84. The maximum Gasteiger partial charge on any atom is 0.241 e. The lowest BCUT2D eigenvalue weighted by Crippen LogP contribution is -2.45. The number of amides is 1. The Kier molecular flexibility index (Phi) is 5.56. The van der Waals surface area contributed by atoms with Crippen LogP contribution in [0.1, 0.15) is 26.5 Å². The van der Waals surface area contributed by atoms with E-state index < -0.39 is 6.04 Å². The molecule has 7 nitrogen and oxygen atoms in total. The third kappa shape index (κ3) is 4.43. The number of methoxy groups -OCH3 is 1. The third-order valence-corrected chi connectivity index (χ3v) is 4.44. The summed E-state index contributed by atoms with van der Waals surface area (Å²) >= 11 is 0. The molecule has 7 heteroatoms. The number of hydrogen-bond acceptors (Lipinski definition) is 5. The van der Waals surface area contributed by atoms with Gasteiger partial charge in [0.05, 0.1) is 18.8 Å². The van der Waals surface area contributed by atoms with Crippen molar-refractivity contribution in [1.29, 1.82) is 0 Å². The zero-order valence-corrected chi connectivity index (χ0v) is 16.6. The molecule has 148 valence electrons. The van der Waals surface area contributed by atoms with Gasteiger partial charge in [0.15, 0.2) is 11.5 Å². The summed E-state index contributed by atoms with van der Waals surface area (Å²) in [6.45, 7) is 6.05. The summed E-state index contributed by atoms with van der Waals surface area (Å²) in [4.78, 5) is 16.9. The molecule has 3 rings (SSSR count). The number of nitrogens with one attached hydrogen (secondary N) is 1. The topological polar surface area (TPSA) is 90.9 Å². The van der Waals surface area contributed by atoms with Crippen molar-refractivity contribution < 1.29 is 14.3 Å². The van der Waals surface area contributed by atoms with Crippen LogP contribution in [0, 0.1) is 5.41 Å². The summed E-state index contributed by atoms with van der Waals surface area (Å²) in [5.74, 6) is 0.840. The summed E-state index contributed by atoms with van der Waals surface area (Å²) in [5.41, 5.74) is 7.93. The number of carbonyl (C=O) groups excluding carboxylic acids is 1. The van der Waals surface area contributed by atoms with Crippen LogP contribution < -0.4 is 20.5 Å². The second-order valence-corrected chi connectivity index (χ2v) is 7.69. The van der Waals surface area contributed by atoms with E-state index in [9.17, 15) is 4.79 Å². The zero-order valence-electron chi connectivity index (χ0n) is 16.6. The number of hydrogen-bond donors (Lipinski definition) is 2. The molecule has 0 saturated carbocycles. The van der Waals surface area contributed by atoms with Crippen molar-refractivity contribution in [2.45, 2.75) is 33.4 Å². The van der Waals surface area contributed by atoms with E-state index in [1.54, 1.807) is 25.3 Å². The van der Waals surface area contributed by atoms with Crippen molar-refractivity contribution in [3.63, 3.8) is 0 Å². The molecule has 0 aliphatic rings. The lowest BCUT2D eigenvalue weighted by Gasteiger charge is -2.26. The molecule has 3 aromatic rings. The second-order valence-electron chi connectivity index (χ2n) is 7.69. The van der Waals surface area contributed by atoms with E-state index in [1.165, 1.54) is 0 Å². The molecule has 1 amide bonds. The lowest BCUT2D eigenvalue weighted by atomic mass is 9.87. The maximum atomic E-state index is 12.4. The highest BCUT2D eigenvalue weighted by Gasteiger charge is 2.27.